The van der Waals surface area contributed by atoms with E-state index < -0.39 is 20.3 Å². The molecule has 1 saturated heterocycles. The van der Waals surface area contributed by atoms with Crippen LogP contribution in [0.25, 0.3) is 12.2 Å². The number of rotatable bonds is 12. The van der Waals surface area contributed by atoms with E-state index in [1.165, 1.54) is 62.5 Å². The molecule has 3 aliphatic rings. The van der Waals surface area contributed by atoms with Crippen LogP contribution in [0.3, 0.4) is 0 Å². The van der Waals surface area contributed by atoms with E-state index in [0.717, 1.165) is 7.25 Å². The normalized spacial score (nSPS) is 21.1. The number of hydrogen-bond acceptors (Lipinski definition) is 0. The maximum atomic E-state index is 2.51. The van der Waals surface area contributed by atoms with Crippen molar-refractivity contribution < 1.29 is 45.1 Å². The minimum atomic E-state index is -1.92. The molecule has 0 spiro atoms. The molecule has 0 saturated carbocycles. The van der Waals surface area contributed by atoms with E-state index in [-0.39, 0.29) is 24.8 Å². The van der Waals surface area contributed by atoms with Crippen molar-refractivity contribution >= 4 is 12.2 Å². The Labute approximate surface area is 231 Å². The Hall–Kier alpha value is -0.617. The summed E-state index contributed by atoms with van der Waals surface area (Å²) in [6, 6.07) is 18.1. The smallest absolute Gasteiger partial charge is 1.00 e. The zero-order valence-electron chi connectivity index (χ0n) is 21.6. The van der Waals surface area contributed by atoms with E-state index in [2.05, 4.69) is 86.7 Å². The molecule has 35 heavy (non-hydrogen) atoms. The number of hydrogen-bond donors (Lipinski definition) is 0. The molecule has 0 amide bonds. The molecule has 1 aliphatic heterocycles. The summed E-state index contributed by atoms with van der Waals surface area (Å²) in [6.07, 6.45) is 21.2. The van der Waals surface area contributed by atoms with Gasteiger partial charge in [0.15, 0.2) is 0 Å². The van der Waals surface area contributed by atoms with Crippen LogP contribution >= 0.6 is 0 Å². The summed E-state index contributed by atoms with van der Waals surface area (Å²) in [6.45, 7) is 5.03. The van der Waals surface area contributed by atoms with Gasteiger partial charge in [-0.1, -0.05) is 0 Å². The molecule has 5 rings (SSSR count). The van der Waals surface area contributed by atoms with Crippen molar-refractivity contribution in [2.45, 2.75) is 92.6 Å². The molecule has 0 radical (unpaired) electrons. The Balaban J connectivity index is 0.00000171. The van der Waals surface area contributed by atoms with E-state index in [0.29, 0.717) is 11.8 Å². The summed E-state index contributed by atoms with van der Waals surface area (Å²) >= 11 is -1.92. The Kier molecular flexibility index (Phi) is 11.0. The van der Waals surface area contributed by atoms with Gasteiger partial charge in [-0.25, -0.2) is 0 Å². The van der Waals surface area contributed by atoms with Crippen molar-refractivity contribution in [1.29, 1.82) is 0 Å². The van der Waals surface area contributed by atoms with Gasteiger partial charge in [0.2, 0.25) is 0 Å². The standard InChI is InChI=1S/2C15H19.C2H4.2ClH.Zr/c2*1-2-3-4-5-8-13-11-12-14-9-6-7-10-15(13)14;1-2;;;/h2*3,6-7,9-13H,2,4-5,8H2,1H3;1-2H2;2*1H;/q;;;;;+2/p-2. The molecule has 2 aromatic rings. The predicted octanol–water partition coefficient (Wildman–Crippen LogP) is 4.36. The fourth-order valence-corrected chi connectivity index (χ4v) is 25.8. The average Bonchev–Trinajstić information content (AvgIpc) is 3.38. The summed E-state index contributed by atoms with van der Waals surface area (Å²) in [5.74, 6) is 1.35. The maximum Gasteiger partial charge on any atom is -1.00 e. The molecule has 3 heteroatoms. The minimum Gasteiger partial charge on any atom is -1.00 e. The van der Waals surface area contributed by atoms with Crippen molar-refractivity contribution in [2.24, 2.45) is 0 Å². The summed E-state index contributed by atoms with van der Waals surface area (Å²) in [4.78, 5) is 0. The van der Waals surface area contributed by atoms with Crippen LogP contribution in [-0.4, -0.2) is 0 Å². The van der Waals surface area contributed by atoms with Gasteiger partial charge in [0.1, 0.15) is 0 Å². The van der Waals surface area contributed by atoms with Crippen LogP contribution in [0.15, 0.2) is 60.7 Å². The fourth-order valence-electron chi connectivity index (χ4n) is 7.41. The number of allylic oxidation sites excluding steroid dienone is 2. The molecular formula is C32H42Cl2Zr. The molecular weight excluding hydrogens is 546 g/mol. The van der Waals surface area contributed by atoms with Crippen molar-refractivity contribution in [2.75, 3.05) is 0 Å². The van der Waals surface area contributed by atoms with E-state index in [4.69, 9.17) is 0 Å². The number of fused-ring (bicyclic) bond motifs is 2. The van der Waals surface area contributed by atoms with E-state index in [1.54, 1.807) is 19.4 Å². The predicted molar refractivity (Wildman–Crippen MR) is 142 cm³/mol. The van der Waals surface area contributed by atoms with Gasteiger partial charge < -0.3 is 24.8 Å². The summed E-state index contributed by atoms with van der Waals surface area (Å²) in [7, 11) is 0. The topological polar surface area (TPSA) is 0 Å². The van der Waals surface area contributed by atoms with Crippen molar-refractivity contribution in [3.05, 3.63) is 82.9 Å². The second kappa shape index (κ2) is 13.3. The summed E-state index contributed by atoms with van der Waals surface area (Å²) in [5.41, 5.74) is 6.06. The number of benzene rings is 2. The molecule has 4 unspecified atom stereocenters. The van der Waals surface area contributed by atoms with Gasteiger partial charge in [-0.05, 0) is 0 Å². The molecule has 0 aromatic heterocycles. The first-order valence-electron chi connectivity index (χ1n) is 13.8. The molecule has 1 heterocycles. The first-order chi connectivity index (χ1) is 16.2. The van der Waals surface area contributed by atoms with Crippen LogP contribution in [0.2, 0.25) is 15.5 Å². The van der Waals surface area contributed by atoms with Crippen LogP contribution in [0.5, 0.6) is 0 Å². The quantitative estimate of drug-likeness (QED) is 0.346. The van der Waals surface area contributed by atoms with Gasteiger partial charge in [0, 0.05) is 0 Å². The molecule has 0 bridgehead atoms. The van der Waals surface area contributed by atoms with Gasteiger partial charge >= 0.3 is 208 Å². The SMILES string of the molecule is CC[CH](CCCC1C=Cc2ccccc21)[Zr+2]1([CH](CC)CCCC2C=Cc3ccccc32)[CH2][CH2]1.[Cl-].[Cl-]. The van der Waals surface area contributed by atoms with Gasteiger partial charge in [-0.15, -0.1) is 0 Å². The Morgan fingerprint density at radius 2 is 1.11 bits per heavy atom. The van der Waals surface area contributed by atoms with Crippen LogP contribution in [0.1, 0.15) is 99.3 Å². The van der Waals surface area contributed by atoms with Gasteiger partial charge in [-0.2, -0.15) is 0 Å². The van der Waals surface area contributed by atoms with Crippen LogP contribution in [-0.2, 0) is 20.3 Å². The largest absolute Gasteiger partial charge is 1.00 e. The van der Waals surface area contributed by atoms with Crippen molar-refractivity contribution in [3.63, 3.8) is 0 Å². The number of halogens is 2. The molecule has 0 nitrogen and oxygen atoms in total. The third-order valence-corrected chi connectivity index (χ3v) is 24.9. The van der Waals surface area contributed by atoms with Crippen LogP contribution < -0.4 is 24.8 Å². The second-order valence-electron chi connectivity index (χ2n) is 11.0. The second-order valence-corrected chi connectivity index (χ2v) is 23.5. The van der Waals surface area contributed by atoms with E-state index in [9.17, 15) is 0 Å². The zero-order valence-corrected chi connectivity index (χ0v) is 25.5. The van der Waals surface area contributed by atoms with Crippen molar-refractivity contribution in [3.8, 4) is 0 Å². The minimum absolute atomic E-state index is 0. The average molecular weight is 589 g/mol. The van der Waals surface area contributed by atoms with E-state index >= 15 is 0 Å². The first kappa shape index (κ1) is 28.9. The third-order valence-electron chi connectivity index (χ3n) is 9.38. The Bertz CT molecular complexity index is 929. The molecule has 4 atom stereocenters. The monoisotopic (exact) mass is 586 g/mol. The molecule has 1 fully saturated rings. The summed E-state index contributed by atoms with van der Waals surface area (Å²) < 4.78 is 5.67. The maximum absolute atomic E-state index is 2.51. The van der Waals surface area contributed by atoms with Crippen LogP contribution in [0, 0.1) is 0 Å². The van der Waals surface area contributed by atoms with Crippen molar-refractivity contribution in [1.82, 2.24) is 0 Å². The first-order valence-corrected chi connectivity index (χ1v) is 20.1. The third kappa shape index (κ3) is 6.28. The zero-order chi connectivity index (χ0) is 22.7. The summed E-state index contributed by atoms with van der Waals surface area (Å²) in [5, 5.41) is 0. The van der Waals surface area contributed by atoms with Gasteiger partial charge in [-0.3, -0.25) is 0 Å². The van der Waals surface area contributed by atoms with E-state index in [1.807, 2.05) is 0 Å². The molecule has 2 aliphatic carbocycles. The van der Waals surface area contributed by atoms with Gasteiger partial charge in [0.05, 0.1) is 0 Å². The Morgan fingerprint density at radius 1 is 0.686 bits per heavy atom. The molecule has 2 aromatic carbocycles. The van der Waals surface area contributed by atoms with Crippen LogP contribution in [0.4, 0.5) is 0 Å². The molecule has 0 N–H and O–H groups in total. The van der Waals surface area contributed by atoms with Gasteiger partial charge in [0.25, 0.3) is 0 Å². The Morgan fingerprint density at radius 3 is 1.51 bits per heavy atom. The fraction of sp³-hybridized carbons (Fsp3) is 0.500. The molecule has 188 valence electrons.